The first-order valence-electron chi connectivity index (χ1n) is 8.89. The number of phenolic OH excluding ortho intramolecular Hbond substituents is 2. The molecule has 0 aliphatic carbocycles. The number of rotatable bonds is 4. The summed E-state index contributed by atoms with van der Waals surface area (Å²) in [6, 6.07) is 24.9. The van der Waals surface area contributed by atoms with E-state index in [-0.39, 0.29) is 11.5 Å². The van der Waals surface area contributed by atoms with Gasteiger partial charge >= 0.3 is 0 Å². The van der Waals surface area contributed by atoms with Crippen LogP contribution in [0, 0.1) is 11.3 Å². The fourth-order valence-electron chi connectivity index (χ4n) is 2.93. The van der Waals surface area contributed by atoms with Crippen LogP contribution in [0.1, 0.15) is 10.6 Å². The Labute approximate surface area is 172 Å². The van der Waals surface area contributed by atoms with Gasteiger partial charge < -0.3 is 10.2 Å². The monoisotopic (exact) mass is 396 g/mol. The van der Waals surface area contributed by atoms with Crippen molar-refractivity contribution in [3.8, 4) is 40.0 Å². The fraction of sp³-hybridized carbons (Fsp3) is 0. The zero-order valence-corrected chi connectivity index (χ0v) is 16.1. The number of allylic oxidation sites excluding steroid dienone is 1. The van der Waals surface area contributed by atoms with E-state index >= 15 is 0 Å². The second-order valence-corrected chi connectivity index (χ2v) is 7.26. The molecule has 0 saturated heterocycles. The number of nitriles is 1. The highest BCUT2D eigenvalue weighted by atomic mass is 32.1. The molecule has 0 aliphatic rings. The molecule has 0 saturated carbocycles. The average Bonchev–Trinajstić information content (AvgIpc) is 3.25. The minimum Gasteiger partial charge on any atom is -0.504 e. The molecule has 0 aliphatic heterocycles. The van der Waals surface area contributed by atoms with Crippen molar-refractivity contribution in [3.05, 3.63) is 88.7 Å². The second-order valence-electron chi connectivity index (χ2n) is 6.40. The zero-order chi connectivity index (χ0) is 20.2. The fourth-order valence-corrected chi connectivity index (χ4v) is 3.73. The van der Waals surface area contributed by atoms with Gasteiger partial charge in [-0.2, -0.15) is 5.26 Å². The highest BCUT2D eigenvalue weighted by Crippen LogP contribution is 2.30. The van der Waals surface area contributed by atoms with Gasteiger partial charge in [-0.1, -0.05) is 60.7 Å². The summed E-state index contributed by atoms with van der Waals surface area (Å²) in [7, 11) is 0. The number of hydrogen-bond donors (Lipinski definition) is 2. The summed E-state index contributed by atoms with van der Waals surface area (Å²) in [5, 5.41) is 31.1. The third kappa shape index (κ3) is 4.03. The van der Waals surface area contributed by atoms with Crippen molar-refractivity contribution in [1.82, 2.24) is 4.98 Å². The van der Waals surface area contributed by atoms with E-state index < -0.39 is 0 Å². The maximum absolute atomic E-state index is 9.64. The van der Waals surface area contributed by atoms with E-state index in [2.05, 4.69) is 35.3 Å². The Kier molecular flexibility index (Phi) is 5.10. The molecule has 29 heavy (non-hydrogen) atoms. The van der Waals surface area contributed by atoms with Crippen molar-refractivity contribution in [2.75, 3.05) is 0 Å². The molecular weight excluding hydrogens is 380 g/mol. The van der Waals surface area contributed by atoms with E-state index in [1.54, 1.807) is 12.1 Å². The van der Waals surface area contributed by atoms with Gasteiger partial charge in [0.25, 0.3) is 0 Å². The summed E-state index contributed by atoms with van der Waals surface area (Å²) in [5.74, 6) is -0.425. The van der Waals surface area contributed by atoms with Gasteiger partial charge in [0.1, 0.15) is 11.1 Å². The summed E-state index contributed by atoms with van der Waals surface area (Å²) in [5.41, 5.74) is 5.08. The third-order valence-electron chi connectivity index (χ3n) is 4.45. The summed E-state index contributed by atoms with van der Waals surface area (Å²) >= 11 is 1.39. The SMILES string of the molecule is N#C/C(=C/c1ccc(O)c(O)c1)c1nc(-c2ccc(-c3ccccc3)cc2)cs1. The molecule has 4 nitrogen and oxygen atoms in total. The first-order valence-corrected chi connectivity index (χ1v) is 9.77. The lowest BCUT2D eigenvalue weighted by Gasteiger charge is -2.03. The van der Waals surface area contributed by atoms with Gasteiger partial charge in [0.15, 0.2) is 11.5 Å². The molecule has 0 unspecified atom stereocenters. The molecule has 0 amide bonds. The molecule has 1 heterocycles. The van der Waals surface area contributed by atoms with E-state index in [4.69, 9.17) is 0 Å². The van der Waals surface area contributed by atoms with Crippen molar-refractivity contribution < 1.29 is 10.2 Å². The third-order valence-corrected chi connectivity index (χ3v) is 5.33. The van der Waals surface area contributed by atoms with Crippen LogP contribution in [0.3, 0.4) is 0 Å². The standard InChI is InChI=1S/C24H16N2O2S/c25-14-20(12-16-6-11-22(27)23(28)13-16)24-26-21(15-29-24)19-9-7-18(8-10-19)17-4-2-1-3-5-17/h1-13,15,27-28H/b20-12-. The van der Waals surface area contributed by atoms with Crippen LogP contribution >= 0.6 is 11.3 Å². The quantitative estimate of drug-likeness (QED) is 0.330. The molecule has 4 rings (SSSR count). The van der Waals surface area contributed by atoms with Gasteiger partial charge in [0.2, 0.25) is 0 Å². The summed E-state index contributed by atoms with van der Waals surface area (Å²) in [6.45, 7) is 0. The van der Waals surface area contributed by atoms with Crippen LogP contribution in [-0.2, 0) is 0 Å². The summed E-state index contributed by atoms with van der Waals surface area (Å²) < 4.78 is 0. The van der Waals surface area contributed by atoms with Crippen molar-refractivity contribution in [1.29, 1.82) is 5.26 Å². The van der Waals surface area contributed by atoms with Crippen LogP contribution in [0.2, 0.25) is 0 Å². The Morgan fingerprint density at radius 2 is 1.55 bits per heavy atom. The smallest absolute Gasteiger partial charge is 0.157 e. The van der Waals surface area contributed by atoms with Crippen molar-refractivity contribution >= 4 is 23.0 Å². The van der Waals surface area contributed by atoms with Crippen LogP contribution in [0.5, 0.6) is 11.5 Å². The number of benzene rings is 3. The van der Waals surface area contributed by atoms with Crippen molar-refractivity contribution in [2.24, 2.45) is 0 Å². The number of aromatic hydroxyl groups is 2. The van der Waals surface area contributed by atoms with Crippen LogP contribution < -0.4 is 0 Å². The Hall–Kier alpha value is -3.88. The van der Waals surface area contributed by atoms with Gasteiger partial charge in [0, 0.05) is 10.9 Å². The average molecular weight is 396 g/mol. The highest BCUT2D eigenvalue weighted by Gasteiger charge is 2.10. The van der Waals surface area contributed by atoms with Crippen LogP contribution in [-0.4, -0.2) is 15.2 Å². The molecule has 0 spiro atoms. The molecule has 0 bridgehead atoms. The van der Waals surface area contributed by atoms with E-state index in [0.717, 1.165) is 22.4 Å². The Balaban J connectivity index is 1.61. The number of aromatic nitrogens is 1. The second kappa shape index (κ2) is 8.01. The molecule has 0 atom stereocenters. The Bertz CT molecular complexity index is 1220. The molecule has 140 valence electrons. The lowest BCUT2D eigenvalue weighted by molar-refractivity contribution is 0.403. The van der Waals surface area contributed by atoms with E-state index in [1.165, 1.54) is 23.5 Å². The first-order chi connectivity index (χ1) is 14.1. The normalized spacial score (nSPS) is 11.2. The van der Waals surface area contributed by atoms with Crippen LogP contribution in [0.4, 0.5) is 0 Å². The highest BCUT2D eigenvalue weighted by molar-refractivity contribution is 7.11. The molecule has 3 aromatic carbocycles. The minimum atomic E-state index is -0.227. The topological polar surface area (TPSA) is 77.1 Å². The van der Waals surface area contributed by atoms with Gasteiger partial charge in [-0.05, 0) is 34.9 Å². The van der Waals surface area contributed by atoms with Crippen molar-refractivity contribution in [3.63, 3.8) is 0 Å². The minimum absolute atomic E-state index is 0.198. The van der Waals surface area contributed by atoms with Crippen LogP contribution in [0.15, 0.2) is 78.2 Å². The lowest BCUT2D eigenvalue weighted by Crippen LogP contribution is -1.84. The Morgan fingerprint density at radius 1 is 0.862 bits per heavy atom. The molecule has 2 N–H and O–H groups in total. The van der Waals surface area contributed by atoms with Gasteiger partial charge in [-0.25, -0.2) is 4.98 Å². The lowest BCUT2D eigenvalue weighted by atomic mass is 10.0. The zero-order valence-electron chi connectivity index (χ0n) is 15.3. The molecule has 5 heteroatoms. The number of nitrogens with zero attached hydrogens (tertiary/aromatic N) is 2. The maximum Gasteiger partial charge on any atom is 0.157 e. The first kappa shape index (κ1) is 18.5. The number of phenols is 2. The van der Waals surface area contributed by atoms with Crippen molar-refractivity contribution in [2.45, 2.75) is 0 Å². The molecule has 4 aromatic rings. The number of hydrogen-bond acceptors (Lipinski definition) is 5. The van der Waals surface area contributed by atoms with E-state index in [9.17, 15) is 15.5 Å². The molecule has 0 fully saturated rings. The molecule has 0 radical (unpaired) electrons. The van der Waals surface area contributed by atoms with E-state index in [0.29, 0.717) is 16.1 Å². The predicted octanol–water partition coefficient (Wildman–Crippen LogP) is 5.95. The van der Waals surface area contributed by atoms with Crippen LogP contribution in [0.25, 0.3) is 34.0 Å². The van der Waals surface area contributed by atoms with Gasteiger partial charge in [0.05, 0.1) is 11.3 Å². The van der Waals surface area contributed by atoms with E-state index in [1.807, 2.05) is 35.7 Å². The Morgan fingerprint density at radius 3 is 2.24 bits per heavy atom. The summed E-state index contributed by atoms with van der Waals surface area (Å²) in [4.78, 5) is 4.61. The molecule has 1 aromatic heterocycles. The van der Waals surface area contributed by atoms with Gasteiger partial charge in [-0.15, -0.1) is 11.3 Å². The number of thiazole rings is 1. The van der Waals surface area contributed by atoms with Gasteiger partial charge in [-0.3, -0.25) is 0 Å². The summed E-state index contributed by atoms with van der Waals surface area (Å²) in [6.07, 6.45) is 1.64. The molecular formula is C24H16N2O2S. The largest absolute Gasteiger partial charge is 0.504 e. The maximum atomic E-state index is 9.64. The predicted molar refractivity (Wildman–Crippen MR) is 116 cm³/mol.